The summed E-state index contributed by atoms with van der Waals surface area (Å²) in [5.41, 5.74) is 2.09. The van der Waals surface area contributed by atoms with Crippen LogP contribution >= 0.6 is 11.8 Å². The molecule has 0 aliphatic heterocycles. The van der Waals surface area contributed by atoms with Gasteiger partial charge in [0.05, 0.1) is 5.52 Å². The molecule has 2 aromatic rings. The third kappa shape index (κ3) is 3.17. The van der Waals surface area contributed by atoms with Crippen LogP contribution in [0.4, 0.5) is 0 Å². The number of thioether (sulfide) groups is 1. The summed E-state index contributed by atoms with van der Waals surface area (Å²) in [6.45, 7) is 1.58. The fraction of sp³-hybridized carbons (Fsp3) is 0.143. The molecule has 86 valence electrons. The molecule has 0 unspecified atom stereocenters. The Morgan fingerprint density at radius 2 is 2.18 bits per heavy atom. The average molecular weight is 243 g/mol. The first kappa shape index (κ1) is 11.9. The van der Waals surface area contributed by atoms with Crippen molar-refractivity contribution in [1.82, 2.24) is 4.98 Å². The van der Waals surface area contributed by atoms with Gasteiger partial charge < -0.3 is 0 Å². The Kier molecular flexibility index (Phi) is 3.94. The highest BCUT2D eigenvalue weighted by Crippen LogP contribution is 2.17. The van der Waals surface area contributed by atoms with Crippen molar-refractivity contribution in [3.63, 3.8) is 0 Å². The van der Waals surface area contributed by atoms with Crippen molar-refractivity contribution in [2.24, 2.45) is 0 Å². The average Bonchev–Trinajstić information content (AvgIpc) is 2.34. The molecule has 1 heterocycles. The molecule has 0 aliphatic rings. The highest BCUT2D eigenvalue weighted by molar-refractivity contribution is 8.13. The smallest absolute Gasteiger partial charge is 0.186 e. The predicted octanol–water partition coefficient (Wildman–Crippen LogP) is 3.53. The van der Waals surface area contributed by atoms with Gasteiger partial charge in [-0.1, -0.05) is 48.2 Å². The van der Waals surface area contributed by atoms with Crippen LogP contribution in [-0.2, 0) is 4.79 Å². The molecular weight excluding hydrogens is 230 g/mol. The van der Waals surface area contributed by atoms with Gasteiger partial charge >= 0.3 is 0 Å². The summed E-state index contributed by atoms with van der Waals surface area (Å²) < 4.78 is 0. The van der Waals surface area contributed by atoms with Crippen LogP contribution in [-0.4, -0.2) is 15.9 Å². The van der Waals surface area contributed by atoms with Crippen LogP contribution in [0.15, 0.2) is 42.6 Å². The van der Waals surface area contributed by atoms with Crippen molar-refractivity contribution in [3.8, 4) is 0 Å². The van der Waals surface area contributed by atoms with E-state index in [0.717, 1.165) is 16.5 Å². The third-order valence-electron chi connectivity index (χ3n) is 2.34. The maximum Gasteiger partial charge on any atom is 0.186 e. The number of fused-ring (bicyclic) bond motifs is 1. The number of hydrogen-bond donors (Lipinski definition) is 0. The second-order valence-corrected chi connectivity index (χ2v) is 4.82. The molecule has 1 aromatic heterocycles. The number of carbonyl (C=O) groups excluding carboxylic acids is 1. The Balaban J connectivity index is 2.21. The van der Waals surface area contributed by atoms with E-state index >= 15 is 0 Å². The van der Waals surface area contributed by atoms with E-state index in [9.17, 15) is 4.79 Å². The fourth-order valence-electron chi connectivity index (χ4n) is 1.60. The second-order valence-electron chi connectivity index (χ2n) is 3.63. The molecule has 0 saturated carbocycles. The Bertz CT molecular complexity index is 558. The van der Waals surface area contributed by atoms with Gasteiger partial charge in [0.1, 0.15) is 0 Å². The molecule has 0 amide bonds. The number of aromatic nitrogens is 1. The maximum atomic E-state index is 10.8. The third-order valence-corrected chi connectivity index (χ3v) is 3.11. The van der Waals surface area contributed by atoms with Crippen LogP contribution in [0.3, 0.4) is 0 Å². The molecule has 1 aromatic carbocycles. The zero-order valence-corrected chi connectivity index (χ0v) is 10.4. The van der Waals surface area contributed by atoms with Gasteiger partial charge in [0, 0.05) is 29.8 Å². The quantitative estimate of drug-likeness (QED) is 0.826. The minimum Gasteiger partial charge on any atom is -0.288 e. The van der Waals surface area contributed by atoms with E-state index in [2.05, 4.69) is 4.98 Å². The van der Waals surface area contributed by atoms with Gasteiger partial charge in [-0.05, 0) is 6.07 Å². The van der Waals surface area contributed by atoms with Crippen LogP contribution in [0, 0.1) is 0 Å². The number of carbonyl (C=O) groups is 1. The molecule has 2 nitrogen and oxygen atoms in total. The molecule has 0 N–H and O–H groups in total. The summed E-state index contributed by atoms with van der Waals surface area (Å²) in [6, 6.07) is 10.1. The minimum atomic E-state index is 0.144. The Morgan fingerprint density at radius 1 is 1.35 bits per heavy atom. The van der Waals surface area contributed by atoms with Gasteiger partial charge in [0.2, 0.25) is 0 Å². The Hall–Kier alpha value is -1.61. The molecule has 0 fully saturated rings. The number of para-hydroxylation sites is 1. The van der Waals surface area contributed by atoms with Crippen LogP contribution < -0.4 is 0 Å². The van der Waals surface area contributed by atoms with Gasteiger partial charge in [0.25, 0.3) is 0 Å². The molecular formula is C14H13NOS. The van der Waals surface area contributed by atoms with E-state index in [0.29, 0.717) is 5.75 Å². The molecule has 2 rings (SSSR count). The number of rotatable bonds is 3. The van der Waals surface area contributed by atoms with Crippen molar-refractivity contribution in [2.75, 3.05) is 5.75 Å². The van der Waals surface area contributed by atoms with Gasteiger partial charge in [-0.25, -0.2) is 0 Å². The highest BCUT2D eigenvalue weighted by Gasteiger charge is 1.97. The van der Waals surface area contributed by atoms with Crippen LogP contribution in [0.1, 0.15) is 12.5 Å². The molecule has 3 heteroatoms. The van der Waals surface area contributed by atoms with Gasteiger partial charge in [0.15, 0.2) is 5.12 Å². The van der Waals surface area contributed by atoms with Crippen LogP contribution in [0.25, 0.3) is 17.0 Å². The van der Waals surface area contributed by atoms with E-state index in [1.54, 1.807) is 13.1 Å². The summed E-state index contributed by atoms with van der Waals surface area (Å²) in [6.07, 6.45) is 5.81. The first-order valence-corrected chi connectivity index (χ1v) is 6.39. The fourth-order valence-corrected chi connectivity index (χ4v) is 2.03. The first-order chi connectivity index (χ1) is 8.27. The largest absolute Gasteiger partial charge is 0.288 e. The van der Waals surface area contributed by atoms with Gasteiger partial charge in [-0.15, -0.1) is 0 Å². The van der Waals surface area contributed by atoms with Gasteiger partial charge in [-0.3, -0.25) is 9.78 Å². The Morgan fingerprint density at radius 3 is 3.00 bits per heavy atom. The van der Waals surface area contributed by atoms with E-state index in [-0.39, 0.29) is 5.12 Å². The molecule has 0 saturated heterocycles. The van der Waals surface area contributed by atoms with Gasteiger partial charge in [-0.2, -0.15) is 0 Å². The van der Waals surface area contributed by atoms with Crippen LogP contribution in [0.5, 0.6) is 0 Å². The molecule has 0 aliphatic carbocycles. The van der Waals surface area contributed by atoms with Crippen molar-refractivity contribution in [3.05, 3.63) is 48.2 Å². The maximum absolute atomic E-state index is 10.8. The summed E-state index contributed by atoms with van der Waals surface area (Å²) >= 11 is 1.31. The van der Waals surface area contributed by atoms with Crippen molar-refractivity contribution < 1.29 is 4.79 Å². The number of nitrogens with zero attached hydrogens (tertiary/aromatic N) is 1. The zero-order chi connectivity index (χ0) is 12.1. The molecule has 0 bridgehead atoms. The number of pyridine rings is 1. The minimum absolute atomic E-state index is 0.144. The van der Waals surface area contributed by atoms with E-state index in [1.807, 2.05) is 42.5 Å². The second kappa shape index (κ2) is 5.64. The van der Waals surface area contributed by atoms with Crippen molar-refractivity contribution in [1.29, 1.82) is 0 Å². The SMILES string of the molecule is CC(=O)SCC=Cc1cccc2cccnc12. The molecule has 0 atom stereocenters. The number of benzene rings is 1. The molecule has 0 radical (unpaired) electrons. The predicted molar refractivity (Wildman–Crippen MR) is 73.9 cm³/mol. The van der Waals surface area contributed by atoms with E-state index < -0.39 is 0 Å². The topological polar surface area (TPSA) is 30.0 Å². The Labute approximate surface area is 105 Å². The standard InChI is InChI=1S/C14H13NOS/c1-11(16)17-10-4-8-13-6-2-5-12-7-3-9-15-14(12)13/h2-9H,10H2,1H3. The molecule has 0 spiro atoms. The zero-order valence-electron chi connectivity index (χ0n) is 9.59. The summed E-state index contributed by atoms with van der Waals surface area (Å²) in [5.74, 6) is 0.707. The number of hydrogen-bond acceptors (Lipinski definition) is 3. The lowest BCUT2D eigenvalue weighted by Gasteiger charge is -2.00. The summed E-state index contributed by atoms with van der Waals surface area (Å²) in [7, 11) is 0. The highest BCUT2D eigenvalue weighted by atomic mass is 32.2. The van der Waals surface area contributed by atoms with E-state index in [1.165, 1.54) is 11.8 Å². The van der Waals surface area contributed by atoms with E-state index in [4.69, 9.17) is 0 Å². The lowest BCUT2D eigenvalue weighted by atomic mass is 10.1. The van der Waals surface area contributed by atoms with Crippen molar-refractivity contribution >= 4 is 33.9 Å². The lowest BCUT2D eigenvalue weighted by Crippen LogP contribution is -1.84. The lowest BCUT2D eigenvalue weighted by molar-refractivity contribution is -0.109. The summed E-state index contributed by atoms with van der Waals surface area (Å²) in [4.78, 5) is 15.2. The summed E-state index contributed by atoms with van der Waals surface area (Å²) in [5, 5.41) is 1.28. The monoisotopic (exact) mass is 243 g/mol. The molecule has 17 heavy (non-hydrogen) atoms. The van der Waals surface area contributed by atoms with Crippen LogP contribution in [0.2, 0.25) is 0 Å². The first-order valence-electron chi connectivity index (χ1n) is 5.41. The normalized spacial score (nSPS) is 11.1. The van der Waals surface area contributed by atoms with Crippen molar-refractivity contribution in [2.45, 2.75) is 6.92 Å².